The number of benzene rings is 1. The van der Waals surface area contributed by atoms with Crippen LogP contribution in [0.15, 0.2) is 51.6 Å². The van der Waals surface area contributed by atoms with Crippen LogP contribution in [0, 0.1) is 11.6 Å². The zero-order valence-corrected chi connectivity index (χ0v) is 10.4. The molecule has 2 rings (SSSR count). The summed E-state index contributed by atoms with van der Waals surface area (Å²) in [6, 6.07) is 6.29. The van der Waals surface area contributed by atoms with E-state index in [-0.39, 0.29) is 10.7 Å². The molecule has 1 heterocycles. The number of rotatable bonds is 3. The number of nitrogens with zero attached hydrogens (tertiary/aromatic N) is 2. The summed E-state index contributed by atoms with van der Waals surface area (Å²) in [6.45, 7) is 0. The van der Waals surface area contributed by atoms with E-state index in [1.165, 1.54) is 6.20 Å². The molecule has 0 fully saturated rings. The van der Waals surface area contributed by atoms with Crippen molar-refractivity contribution in [3.05, 3.63) is 53.7 Å². The summed E-state index contributed by atoms with van der Waals surface area (Å²) >= 11 is 0.901. The van der Waals surface area contributed by atoms with Gasteiger partial charge in [0.2, 0.25) is 0 Å². The Morgan fingerprint density at radius 3 is 2.84 bits per heavy atom. The van der Waals surface area contributed by atoms with Crippen molar-refractivity contribution in [3.8, 4) is 0 Å². The van der Waals surface area contributed by atoms with Crippen LogP contribution in [0.4, 0.5) is 8.78 Å². The third-order valence-electron chi connectivity index (χ3n) is 2.25. The lowest BCUT2D eigenvalue weighted by Crippen LogP contribution is -2.14. The van der Waals surface area contributed by atoms with Crippen molar-refractivity contribution in [1.82, 2.24) is 4.98 Å². The van der Waals surface area contributed by atoms with Crippen molar-refractivity contribution in [1.29, 1.82) is 0 Å². The molecule has 0 unspecified atom stereocenters. The minimum atomic E-state index is -0.567. The lowest BCUT2D eigenvalue weighted by atomic mass is 10.3. The predicted molar refractivity (Wildman–Crippen MR) is 67.2 cm³/mol. The highest BCUT2D eigenvalue weighted by atomic mass is 32.2. The van der Waals surface area contributed by atoms with E-state index in [1.807, 2.05) is 0 Å². The number of amidine groups is 1. The van der Waals surface area contributed by atoms with E-state index >= 15 is 0 Å². The van der Waals surface area contributed by atoms with Gasteiger partial charge in [-0.1, -0.05) is 16.9 Å². The number of aromatic nitrogens is 1. The third-order valence-corrected chi connectivity index (χ3v) is 3.31. The Balaban J connectivity index is 2.41. The molecule has 0 aliphatic rings. The number of halogens is 2. The van der Waals surface area contributed by atoms with Gasteiger partial charge < -0.3 is 10.9 Å². The van der Waals surface area contributed by atoms with Crippen LogP contribution in [0.5, 0.6) is 0 Å². The molecular formula is C12H9F2N3OS. The number of oxime groups is 1. The maximum atomic E-state index is 13.5. The van der Waals surface area contributed by atoms with Crippen molar-refractivity contribution in [3.63, 3.8) is 0 Å². The fourth-order valence-electron chi connectivity index (χ4n) is 1.38. The zero-order valence-electron chi connectivity index (χ0n) is 9.55. The Hall–Kier alpha value is -2.15. The molecule has 0 atom stereocenters. The van der Waals surface area contributed by atoms with E-state index < -0.39 is 11.6 Å². The molecule has 0 bridgehead atoms. The molecule has 1 aromatic carbocycles. The minimum absolute atomic E-state index is 0.0747. The molecule has 7 heteroatoms. The van der Waals surface area contributed by atoms with Gasteiger partial charge in [0, 0.05) is 6.20 Å². The van der Waals surface area contributed by atoms with Gasteiger partial charge in [0.05, 0.1) is 10.5 Å². The average Bonchev–Trinajstić information content (AvgIpc) is 2.42. The molecule has 0 spiro atoms. The van der Waals surface area contributed by atoms with Crippen molar-refractivity contribution in [2.75, 3.05) is 0 Å². The van der Waals surface area contributed by atoms with Gasteiger partial charge >= 0.3 is 0 Å². The van der Waals surface area contributed by atoms with E-state index in [0.717, 1.165) is 30.0 Å². The Morgan fingerprint density at radius 1 is 1.32 bits per heavy atom. The Morgan fingerprint density at radius 2 is 2.11 bits per heavy atom. The molecule has 0 amide bonds. The first kappa shape index (κ1) is 13.3. The minimum Gasteiger partial charge on any atom is -0.409 e. The highest BCUT2D eigenvalue weighted by Crippen LogP contribution is 2.31. The van der Waals surface area contributed by atoms with E-state index in [1.54, 1.807) is 12.1 Å². The number of hydrogen-bond donors (Lipinski definition) is 2. The Bertz CT molecular complexity index is 634. The molecule has 1 aromatic heterocycles. The van der Waals surface area contributed by atoms with Crippen LogP contribution in [0.2, 0.25) is 0 Å². The largest absolute Gasteiger partial charge is 0.409 e. The lowest BCUT2D eigenvalue weighted by Gasteiger charge is -2.07. The van der Waals surface area contributed by atoms with Crippen LogP contribution in [0.1, 0.15) is 5.56 Å². The summed E-state index contributed by atoms with van der Waals surface area (Å²) in [7, 11) is 0. The van der Waals surface area contributed by atoms with Gasteiger partial charge in [0.1, 0.15) is 16.7 Å². The number of nitrogens with two attached hydrogens (primary N) is 1. The fraction of sp³-hybridized carbons (Fsp3) is 0. The van der Waals surface area contributed by atoms with Gasteiger partial charge in [-0.15, -0.1) is 0 Å². The first-order valence-electron chi connectivity index (χ1n) is 5.17. The molecule has 0 aliphatic carbocycles. The van der Waals surface area contributed by atoms with Crippen LogP contribution in [-0.2, 0) is 0 Å². The van der Waals surface area contributed by atoms with Crippen molar-refractivity contribution >= 4 is 17.6 Å². The van der Waals surface area contributed by atoms with Crippen molar-refractivity contribution in [2.45, 2.75) is 9.92 Å². The van der Waals surface area contributed by atoms with E-state index in [2.05, 4.69) is 10.1 Å². The highest BCUT2D eigenvalue weighted by Gasteiger charge is 2.12. The monoisotopic (exact) mass is 281 g/mol. The fourth-order valence-corrected chi connectivity index (χ4v) is 2.32. The van der Waals surface area contributed by atoms with Gasteiger partial charge in [-0.05, 0) is 30.3 Å². The lowest BCUT2D eigenvalue weighted by molar-refractivity contribution is 0.318. The van der Waals surface area contributed by atoms with Crippen molar-refractivity contribution in [2.24, 2.45) is 10.9 Å². The predicted octanol–water partition coefficient (Wildman–Crippen LogP) is 2.61. The van der Waals surface area contributed by atoms with Crippen molar-refractivity contribution < 1.29 is 14.0 Å². The SMILES string of the molecule is N/C(=N\O)c1cccnc1Sc1cc(F)ccc1F. The maximum Gasteiger partial charge on any atom is 0.172 e. The molecule has 0 aliphatic heterocycles. The van der Waals surface area contributed by atoms with E-state index in [4.69, 9.17) is 10.9 Å². The summed E-state index contributed by atoms with van der Waals surface area (Å²) in [5, 5.41) is 11.9. The van der Waals surface area contributed by atoms with Gasteiger partial charge in [-0.25, -0.2) is 13.8 Å². The first-order chi connectivity index (χ1) is 9.11. The number of hydrogen-bond acceptors (Lipinski definition) is 4. The Kier molecular flexibility index (Phi) is 3.96. The normalized spacial score (nSPS) is 11.6. The maximum absolute atomic E-state index is 13.5. The zero-order chi connectivity index (χ0) is 13.8. The molecule has 0 radical (unpaired) electrons. The number of pyridine rings is 1. The average molecular weight is 281 g/mol. The highest BCUT2D eigenvalue weighted by molar-refractivity contribution is 7.99. The smallest absolute Gasteiger partial charge is 0.172 e. The second-order valence-electron chi connectivity index (χ2n) is 3.52. The molecule has 2 aromatic rings. The molecule has 0 saturated carbocycles. The second-order valence-corrected chi connectivity index (χ2v) is 4.55. The summed E-state index contributed by atoms with van der Waals surface area (Å²) in [5.74, 6) is -1.26. The van der Waals surface area contributed by atoms with E-state index in [0.29, 0.717) is 10.6 Å². The van der Waals surface area contributed by atoms with Crippen LogP contribution in [0.3, 0.4) is 0 Å². The van der Waals surface area contributed by atoms with Crippen LogP contribution in [-0.4, -0.2) is 16.0 Å². The molecule has 3 N–H and O–H groups in total. The third kappa shape index (κ3) is 3.00. The van der Waals surface area contributed by atoms with Crippen LogP contribution in [0.25, 0.3) is 0 Å². The first-order valence-corrected chi connectivity index (χ1v) is 5.99. The summed E-state index contributed by atoms with van der Waals surface area (Å²) < 4.78 is 26.6. The van der Waals surface area contributed by atoms with Gasteiger partial charge in [-0.2, -0.15) is 0 Å². The molecule has 4 nitrogen and oxygen atoms in total. The van der Waals surface area contributed by atoms with Crippen LogP contribution < -0.4 is 5.73 Å². The topological polar surface area (TPSA) is 71.5 Å². The molecular weight excluding hydrogens is 272 g/mol. The van der Waals surface area contributed by atoms with Gasteiger partial charge in [0.25, 0.3) is 0 Å². The molecule has 98 valence electrons. The summed E-state index contributed by atoms with van der Waals surface area (Å²) in [4.78, 5) is 4.09. The van der Waals surface area contributed by atoms with E-state index in [9.17, 15) is 8.78 Å². The van der Waals surface area contributed by atoms with Gasteiger partial charge in [0.15, 0.2) is 5.84 Å². The summed E-state index contributed by atoms with van der Waals surface area (Å²) in [6.07, 6.45) is 1.48. The molecule has 0 saturated heterocycles. The quantitative estimate of drug-likeness (QED) is 0.392. The Labute approximate surface area is 112 Å². The molecule has 19 heavy (non-hydrogen) atoms. The van der Waals surface area contributed by atoms with Gasteiger partial charge in [-0.3, -0.25) is 0 Å². The standard InChI is InChI=1S/C12H9F2N3OS/c13-7-3-4-9(14)10(6-7)19-12-8(11(15)17-18)2-1-5-16-12/h1-6,18H,(H2,15,17). The van der Waals surface area contributed by atoms with Crippen LogP contribution >= 0.6 is 11.8 Å². The summed E-state index contributed by atoms with van der Waals surface area (Å²) in [5.41, 5.74) is 5.84. The second kappa shape index (κ2) is 5.66.